The van der Waals surface area contributed by atoms with Crippen LogP contribution in [0.25, 0.3) is 0 Å². The van der Waals surface area contributed by atoms with E-state index in [1.807, 2.05) is 0 Å². The number of rotatable bonds is 3. The van der Waals surface area contributed by atoms with Crippen molar-refractivity contribution >= 4 is 17.3 Å². The van der Waals surface area contributed by atoms with Crippen molar-refractivity contribution in [3.8, 4) is 5.75 Å². The lowest BCUT2D eigenvalue weighted by Gasteiger charge is -2.21. The zero-order chi connectivity index (χ0) is 17.2. The fraction of sp³-hybridized carbons (Fsp3) is 0.200. The lowest BCUT2D eigenvalue weighted by molar-refractivity contribution is -0.137. The molecule has 1 aliphatic rings. The number of phenols is 1. The van der Waals surface area contributed by atoms with Gasteiger partial charge in [-0.1, -0.05) is 17.7 Å². The maximum Gasteiger partial charge on any atom is 0.418 e. The minimum Gasteiger partial charge on any atom is -0.508 e. The lowest BCUT2D eigenvalue weighted by Crippen LogP contribution is -2.27. The third-order valence-electron chi connectivity index (χ3n) is 3.22. The molecule has 0 bridgehead atoms. The molecule has 0 amide bonds. The molecule has 1 aromatic rings. The highest BCUT2D eigenvalue weighted by atomic mass is 35.5. The van der Waals surface area contributed by atoms with Gasteiger partial charge in [0.05, 0.1) is 17.3 Å². The van der Waals surface area contributed by atoms with Gasteiger partial charge in [-0.25, -0.2) is 0 Å². The van der Waals surface area contributed by atoms with Crippen LogP contribution in [0.2, 0.25) is 0 Å². The van der Waals surface area contributed by atoms with Gasteiger partial charge in [0.15, 0.2) is 0 Å². The molecule has 1 aliphatic carbocycles. The highest BCUT2D eigenvalue weighted by molar-refractivity contribution is 6.31. The molecule has 0 heterocycles. The molecule has 0 spiro atoms. The van der Waals surface area contributed by atoms with E-state index in [1.54, 1.807) is 13.1 Å². The molecule has 8 heteroatoms. The van der Waals surface area contributed by atoms with Gasteiger partial charge in [-0.3, -0.25) is 0 Å². The fourth-order valence-corrected chi connectivity index (χ4v) is 2.39. The van der Waals surface area contributed by atoms with Crippen molar-refractivity contribution in [2.45, 2.75) is 12.2 Å². The van der Waals surface area contributed by atoms with Crippen LogP contribution >= 0.6 is 11.6 Å². The van der Waals surface area contributed by atoms with Gasteiger partial charge in [-0.2, -0.15) is 13.2 Å². The van der Waals surface area contributed by atoms with Crippen LogP contribution in [0.1, 0.15) is 5.56 Å². The van der Waals surface area contributed by atoms with E-state index in [4.69, 9.17) is 11.6 Å². The van der Waals surface area contributed by atoms with Gasteiger partial charge >= 0.3 is 6.18 Å². The van der Waals surface area contributed by atoms with Crippen molar-refractivity contribution in [1.29, 1.82) is 0 Å². The van der Waals surface area contributed by atoms with E-state index < -0.39 is 17.5 Å². The molecule has 0 aromatic heterocycles. The maximum atomic E-state index is 13.0. The average molecular weight is 347 g/mol. The Hall–Kier alpha value is -2.12. The number of alkyl halides is 3. The van der Waals surface area contributed by atoms with E-state index in [2.05, 4.69) is 10.6 Å². The smallest absolute Gasteiger partial charge is 0.418 e. The van der Waals surface area contributed by atoms with Gasteiger partial charge in [0.25, 0.3) is 0 Å². The number of phenolic OH excluding ortho intramolecular Hbond substituents is 1. The van der Waals surface area contributed by atoms with Crippen molar-refractivity contribution in [3.05, 3.63) is 58.5 Å². The molecule has 0 fully saturated rings. The predicted molar refractivity (Wildman–Crippen MR) is 82.3 cm³/mol. The summed E-state index contributed by atoms with van der Waals surface area (Å²) in [6.07, 6.45) is -0.229. The number of hydrogen-bond acceptors (Lipinski definition) is 4. The summed E-state index contributed by atoms with van der Waals surface area (Å²) in [5, 5.41) is 24.1. The first-order valence-corrected chi connectivity index (χ1v) is 6.93. The van der Waals surface area contributed by atoms with Crippen LogP contribution in [0, 0.1) is 0 Å². The minimum absolute atomic E-state index is 0.0619. The van der Waals surface area contributed by atoms with Gasteiger partial charge in [-0.15, -0.1) is 0 Å². The van der Waals surface area contributed by atoms with Crippen LogP contribution < -0.4 is 10.6 Å². The average Bonchev–Trinajstić information content (AvgIpc) is 2.48. The number of aliphatic hydroxyl groups is 1. The van der Waals surface area contributed by atoms with Crippen molar-refractivity contribution in [1.82, 2.24) is 5.32 Å². The first-order valence-electron chi connectivity index (χ1n) is 6.55. The molecule has 0 saturated heterocycles. The number of benzene rings is 1. The van der Waals surface area contributed by atoms with Crippen LogP contribution in [0.3, 0.4) is 0 Å². The third-order valence-corrected chi connectivity index (χ3v) is 3.53. The second-order valence-corrected chi connectivity index (χ2v) is 5.19. The molecule has 23 heavy (non-hydrogen) atoms. The summed E-state index contributed by atoms with van der Waals surface area (Å²) >= 11 is 6.10. The number of halogens is 4. The summed E-state index contributed by atoms with van der Waals surface area (Å²) in [5.74, 6) is -0.564. The van der Waals surface area contributed by atoms with Crippen molar-refractivity contribution in [2.24, 2.45) is 0 Å². The first kappa shape index (κ1) is 17.2. The Morgan fingerprint density at radius 1 is 1.26 bits per heavy atom. The quantitative estimate of drug-likeness (QED) is 0.495. The van der Waals surface area contributed by atoms with Gasteiger partial charge in [0, 0.05) is 5.57 Å². The first-order chi connectivity index (χ1) is 10.7. The van der Waals surface area contributed by atoms with E-state index in [0.29, 0.717) is 11.6 Å². The molecular weight excluding hydrogens is 333 g/mol. The predicted octanol–water partition coefficient (Wildman–Crippen LogP) is 3.87. The normalized spacial score (nSPS) is 20.2. The number of nitrogens with one attached hydrogen (secondary N) is 2. The molecule has 2 rings (SSSR count). The maximum absolute atomic E-state index is 13.0. The van der Waals surface area contributed by atoms with E-state index >= 15 is 0 Å². The fourth-order valence-electron chi connectivity index (χ4n) is 2.11. The SMILES string of the molecule is CNC1C=CC(O)=C/C1=C(\Cl)Nc1ccc(O)cc1C(F)(F)F. The molecule has 1 unspecified atom stereocenters. The topological polar surface area (TPSA) is 64.5 Å². The van der Waals surface area contributed by atoms with Crippen LogP contribution in [-0.4, -0.2) is 23.3 Å². The highest BCUT2D eigenvalue weighted by Crippen LogP contribution is 2.38. The summed E-state index contributed by atoms with van der Waals surface area (Å²) in [6, 6.07) is 2.45. The summed E-state index contributed by atoms with van der Waals surface area (Å²) in [6.45, 7) is 0. The number of hydrogen-bond donors (Lipinski definition) is 4. The van der Waals surface area contributed by atoms with Crippen LogP contribution in [-0.2, 0) is 6.18 Å². The molecule has 4 nitrogen and oxygen atoms in total. The van der Waals surface area contributed by atoms with Crippen LogP contribution in [0.4, 0.5) is 18.9 Å². The van der Waals surface area contributed by atoms with Gasteiger partial charge in [0.2, 0.25) is 0 Å². The third kappa shape index (κ3) is 4.00. The van der Waals surface area contributed by atoms with Gasteiger partial charge in [-0.05, 0) is 37.4 Å². The monoisotopic (exact) mass is 346 g/mol. The second kappa shape index (κ2) is 6.55. The van der Waals surface area contributed by atoms with E-state index in [9.17, 15) is 23.4 Å². The number of allylic oxidation sites excluding steroid dienone is 1. The van der Waals surface area contributed by atoms with Crippen molar-refractivity contribution in [2.75, 3.05) is 12.4 Å². The largest absolute Gasteiger partial charge is 0.508 e. The van der Waals surface area contributed by atoms with E-state index in [0.717, 1.165) is 12.1 Å². The Bertz CT molecular complexity index is 696. The standard InChI is InChI=1S/C15H14ClF3N2O2/c1-20-12-4-2-8(22)6-10(12)14(16)21-13-5-3-9(23)7-11(13)15(17,18)19/h2-7,12,20-23H,1H3/b14-10-. The Balaban J connectivity index is 2.42. The van der Waals surface area contributed by atoms with E-state index in [1.165, 1.54) is 12.2 Å². The Morgan fingerprint density at radius 3 is 2.57 bits per heavy atom. The molecule has 0 radical (unpaired) electrons. The molecule has 4 N–H and O–H groups in total. The zero-order valence-electron chi connectivity index (χ0n) is 11.9. The Morgan fingerprint density at radius 2 is 1.96 bits per heavy atom. The highest BCUT2D eigenvalue weighted by Gasteiger charge is 2.34. The summed E-state index contributed by atoms with van der Waals surface area (Å²) in [4.78, 5) is 0. The van der Waals surface area contributed by atoms with Gasteiger partial charge < -0.3 is 20.8 Å². The summed E-state index contributed by atoms with van der Waals surface area (Å²) in [5.41, 5.74) is -0.961. The number of aromatic hydroxyl groups is 1. The van der Waals surface area contributed by atoms with Crippen molar-refractivity contribution in [3.63, 3.8) is 0 Å². The Labute approximate surface area is 135 Å². The molecule has 124 valence electrons. The number of aliphatic hydroxyl groups excluding tert-OH is 1. The molecule has 1 aromatic carbocycles. The van der Waals surface area contributed by atoms with Crippen LogP contribution in [0.5, 0.6) is 5.75 Å². The number of anilines is 1. The van der Waals surface area contributed by atoms with Gasteiger partial charge in [0.1, 0.15) is 16.7 Å². The molecule has 0 saturated carbocycles. The summed E-state index contributed by atoms with van der Waals surface area (Å²) in [7, 11) is 1.65. The van der Waals surface area contributed by atoms with E-state index in [-0.39, 0.29) is 22.6 Å². The lowest BCUT2D eigenvalue weighted by atomic mass is 10.0. The zero-order valence-corrected chi connectivity index (χ0v) is 12.7. The molecular formula is C15H14ClF3N2O2. The van der Waals surface area contributed by atoms with Crippen LogP contribution in [0.15, 0.2) is 52.9 Å². The minimum atomic E-state index is -4.66. The molecule has 0 aliphatic heterocycles. The Kier molecular flexibility index (Phi) is 4.91. The summed E-state index contributed by atoms with van der Waals surface area (Å²) < 4.78 is 39.1. The second-order valence-electron chi connectivity index (χ2n) is 4.82. The van der Waals surface area contributed by atoms with Crippen molar-refractivity contribution < 1.29 is 23.4 Å². The molecule has 1 atom stereocenters. The number of likely N-dealkylation sites (N-methyl/N-ethyl adjacent to an activating group) is 1.